The predicted molar refractivity (Wildman–Crippen MR) is 125 cm³/mol. The molecule has 0 unspecified atom stereocenters. The highest BCUT2D eigenvalue weighted by atomic mass is 35.5. The number of nitrogens with zero attached hydrogens (tertiary/aromatic N) is 2. The zero-order chi connectivity index (χ0) is 21.0. The van der Waals surface area contributed by atoms with E-state index < -0.39 is 0 Å². The monoisotopic (exact) mass is 443 g/mol. The van der Waals surface area contributed by atoms with Crippen molar-refractivity contribution in [3.05, 3.63) is 63.6 Å². The topological polar surface area (TPSA) is 44.7 Å². The van der Waals surface area contributed by atoms with Gasteiger partial charge in [-0.05, 0) is 67.0 Å². The normalized spacial score (nSPS) is 18.7. The Labute approximate surface area is 188 Å². The lowest BCUT2D eigenvalue weighted by Crippen LogP contribution is -2.41. The van der Waals surface area contributed by atoms with Crippen molar-refractivity contribution in [2.24, 2.45) is 10.5 Å². The molecule has 1 amide bonds. The van der Waals surface area contributed by atoms with Crippen LogP contribution in [0.5, 0.6) is 0 Å². The lowest BCUT2D eigenvalue weighted by Gasteiger charge is -2.45. The molecule has 1 N–H and O–H groups in total. The van der Waals surface area contributed by atoms with Gasteiger partial charge in [0.1, 0.15) is 0 Å². The number of benzene rings is 2. The Morgan fingerprint density at radius 3 is 2.30 bits per heavy atom. The Morgan fingerprint density at radius 2 is 1.63 bits per heavy atom. The first-order valence-electron chi connectivity index (χ1n) is 10.7. The van der Waals surface area contributed by atoms with E-state index in [1.807, 2.05) is 12.1 Å². The molecular formula is C24H27Cl2N3O. The van der Waals surface area contributed by atoms with Crippen LogP contribution in [0.15, 0.2) is 47.6 Å². The van der Waals surface area contributed by atoms with E-state index in [1.165, 1.54) is 56.7 Å². The number of rotatable bonds is 4. The van der Waals surface area contributed by atoms with Crippen LogP contribution >= 0.6 is 23.2 Å². The van der Waals surface area contributed by atoms with E-state index in [1.54, 1.807) is 18.3 Å². The molecule has 2 aromatic carbocycles. The Kier molecular flexibility index (Phi) is 6.64. The Bertz CT molecular complexity index is 911. The molecule has 6 heteroatoms. The number of amides is 1. The highest BCUT2D eigenvalue weighted by molar-refractivity contribution is 6.42. The van der Waals surface area contributed by atoms with Crippen molar-refractivity contribution in [1.29, 1.82) is 0 Å². The second-order valence-corrected chi connectivity index (χ2v) is 9.28. The zero-order valence-electron chi connectivity index (χ0n) is 17.0. The summed E-state index contributed by atoms with van der Waals surface area (Å²) < 4.78 is 0. The lowest BCUT2D eigenvalue weighted by molar-refractivity contribution is 0.0955. The van der Waals surface area contributed by atoms with E-state index >= 15 is 0 Å². The second-order valence-electron chi connectivity index (χ2n) is 8.47. The predicted octanol–water partition coefficient (Wildman–Crippen LogP) is 6.31. The van der Waals surface area contributed by atoms with E-state index in [0.29, 0.717) is 21.0 Å². The summed E-state index contributed by atoms with van der Waals surface area (Å²) in [4.78, 5) is 14.6. The fraction of sp³-hybridized carbons (Fsp3) is 0.417. The van der Waals surface area contributed by atoms with Crippen LogP contribution in [0, 0.1) is 5.41 Å². The van der Waals surface area contributed by atoms with Crippen LogP contribution in [-0.2, 0) is 0 Å². The smallest absolute Gasteiger partial charge is 0.271 e. The number of hydrogen-bond donors (Lipinski definition) is 1. The maximum atomic E-state index is 12.2. The summed E-state index contributed by atoms with van der Waals surface area (Å²) in [6.45, 7) is 2.29. The quantitative estimate of drug-likeness (QED) is 0.444. The number of anilines is 1. The SMILES string of the molecule is O=C(NN=Cc1ccc(N2CCC3(CCCCC3)CC2)cc1)c1ccc(Cl)c(Cl)c1. The summed E-state index contributed by atoms with van der Waals surface area (Å²) in [6.07, 6.45) is 11.4. The molecule has 1 saturated carbocycles. The summed E-state index contributed by atoms with van der Waals surface area (Å²) in [5, 5.41) is 4.81. The number of piperidine rings is 1. The second kappa shape index (κ2) is 9.40. The molecule has 30 heavy (non-hydrogen) atoms. The number of halogens is 2. The van der Waals surface area contributed by atoms with Crippen molar-refractivity contribution >= 4 is 41.0 Å². The molecule has 1 aliphatic heterocycles. The third-order valence-corrected chi connectivity index (χ3v) is 7.30. The molecule has 1 saturated heterocycles. The van der Waals surface area contributed by atoms with Crippen LogP contribution in [0.4, 0.5) is 5.69 Å². The summed E-state index contributed by atoms with van der Waals surface area (Å²) in [6, 6.07) is 13.1. The van der Waals surface area contributed by atoms with Gasteiger partial charge in [-0.2, -0.15) is 5.10 Å². The maximum Gasteiger partial charge on any atom is 0.271 e. The molecule has 0 atom stereocenters. The molecule has 0 bridgehead atoms. The molecule has 1 heterocycles. The van der Waals surface area contributed by atoms with Crippen molar-refractivity contribution in [3.63, 3.8) is 0 Å². The number of nitrogens with one attached hydrogen (secondary N) is 1. The van der Waals surface area contributed by atoms with Crippen molar-refractivity contribution < 1.29 is 4.79 Å². The molecule has 0 aromatic heterocycles. The van der Waals surface area contributed by atoms with E-state index in [9.17, 15) is 4.79 Å². The van der Waals surface area contributed by atoms with Gasteiger partial charge in [0.05, 0.1) is 16.3 Å². The molecule has 0 radical (unpaired) electrons. The molecule has 2 aromatic rings. The molecule has 1 aliphatic carbocycles. The van der Waals surface area contributed by atoms with Gasteiger partial charge in [-0.3, -0.25) is 4.79 Å². The first kappa shape index (κ1) is 21.2. The zero-order valence-corrected chi connectivity index (χ0v) is 18.6. The first-order valence-corrected chi connectivity index (χ1v) is 11.4. The van der Waals surface area contributed by atoms with Crippen molar-refractivity contribution in [2.45, 2.75) is 44.9 Å². The van der Waals surface area contributed by atoms with Gasteiger partial charge >= 0.3 is 0 Å². The molecule has 158 valence electrons. The van der Waals surface area contributed by atoms with Crippen molar-refractivity contribution in [1.82, 2.24) is 5.43 Å². The van der Waals surface area contributed by atoms with Crippen molar-refractivity contribution in [2.75, 3.05) is 18.0 Å². The van der Waals surface area contributed by atoms with Gasteiger partial charge in [-0.25, -0.2) is 5.43 Å². The minimum atomic E-state index is -0.327. The van der Waals surface area contributed by atoms with Crippen LogP contribution in [0.25, 0.3) is 0 Å². The first-order chi connectivity index (χ1) is 14.5. The standard InChI is InChI=1S/C24H27Cl2N3O/c25-21-9-6-19(16-22(21)26)23(30)28-27-17-18-4-7-20(8-5-18)29-14-12-24(13-15-29)10-2-1-3-11-24/h4-9,16-17H,1-3,10-15H2,(H,28,30). The largest absolute Gasteiger partial charge is 0.371 e. The summed E-state index contributed by atoms with van der Waals surface area (Å²) in [5.41, 5.74) is 5.76. The number of hydrazone groups is 1. The molecule has 2 aliphatic rings. The summed E-state index contributed by atoms with van der Waals surface area (Å²) in [7, 11) is 0. The summed E-state index contributed by atoms with van der Waals surface area (Å²) in [5.74, 6) is -0.327. The minimum absolute atomic E-state index is 0.327. The molecule has 2 fully saturated rings. The third-order valence-electron chi connectivity index (χ3n) is 6.56. The molecule has 1 spiro atoms. The Balaban J connectivity index is 1.30. The Hall–Kier alpha value is -2.04. The van der Waals surface area contributed by atoms with Crippen LogP contribution in [-0.4, -0.2) is 25.2 Å². The minimum Gasteiger partial charge on any atom is -0.371 e. The fourth-order valence-electron chi connectivity index (χ4n) is 4.68. The molecule has 4 rings (SSSR count). The third kappa shape index (κ3) is 4.98. The highest BCUT2D eigenvalue weighted by Gasteiger charge is 2.35. The fourth-order valence-corrected chi connectivity index (χ4v) is 4.98. The Morgan fingerprint density at radius 1 is 0.933 bits per heavy atom. The van der Waals surface area contributed by atoms with Gasteiger partial charge < -0.3 is 4.90 Å². The van der Waals surface area contributed by atoms with E-state index in [2.05, 4.69) is 27.6 Å². The van der Waals surface area contributed by atoms with Crippen LogP contribution in [0.2, 0.25) is 10.0 Å². The van der Waals surface area contributed by atoms with Crippen LogP contribution in [0.1, 0.15) is 60.9 Å². The van der Waals surface area contributed by atoms with E-state index in [0.717, 1.165) is 18.7 Å². The van der Waals surface area contributed by atoms with Gasteiger partial charge in [-0.15, -0.1) is 0 Å². The highest BCUT2D eigenvalue weighted by Crippen LogP contribution is 2.45. The number of carbonyl (C=O) groups is 1. The summed E-state index contributed by atoms with van der Waals surface area (Å²) >= 11 is 11.8. The number of carbonyl (C=O) groups excluding carboxylic acids is 1. The lowest BCUT2D eigenvalue weighted by atomic mass is 9.68. The van der Waals surface area contributed by atoms with Gasteiger partial charge in [0.25, 0.3) is 5.91 Å². The average molecular weight is 444 g/mol. The molecular weight excluding hydrogens is 417 g/mol. The number of hydrogen-bond acceptors (Lipinski definition) is 3. The van der Waals surface area contributed by atoms with E-state index in [4.69, 9.17) is 23.2 Å². The van der Waals surface area contributed by atoms with Gasteiger partial charge in [-0.1, -0.05) is 54.6 Å². The maximum absolute atomic E-state index is 12.2. The van der Waals surface area contributed by atoms with Crippen molar-refractivity contribution in [3.8, 4) is 0 Å². The molecule has 4 nitrogen and oxygen atoms in total. The van der Waals surface area contributed by atoms with Gasteiger partial charge in [0.15, 0.2) is 0 Å². The van der Waals surface area contributed by atoms with Gasteiger partial charge in [0.2, 0.25) is 0 Å². The van der Waals surface area contributed by atoms with Crippen LogP contribution in [0.3, 0.4) is 0 Å². The average Bonchev–Trinajstić information content (AvgIpc) is 2.77. The van der Waals surface area contributed by atoms with Gasteiger partial charge in [0, 0.05) is 24.3 Å². The van der Waals surface area contributed by atoms with E-state index in [-0.39, 0.29) is 5.91 Å². The van der Waals surface area contributed by atoms with Crippen LogP contribution < -0.4 is 10.3 Å².